The summed E-state index contributed by atoms with van der Waals surface area (Å²) in [6, 6.07) is 3.67. The average molecular weight is 291 g/mol. The van der Waals surface area contributed by atoms with Crippen LogP contribution in [0.4, 0.5) is 0 Å². The number of phenolic OH excluding ortho intramolecular Hbond substituents is 2. The topological polar surface area (TPSA) is 95.9 Å². The predicted octanol–water partition coefficient (Wildman–Crippen LogP) is 1.18. The van der Waals surface area contributed by atoms with Crippen LogP contribution in [0.25, 0.3) is 6.08 Å². The first-order valence-electron chi connectivity index (χ1n) is 6.65. The fourth-order valence-corrected chi connectivity index (χ4v) is 2.10. The van der Waals surface area contributed by atoms with Crippen LogP contribution in [0.2, 0.25) is 0 Å². The smallest absolute Gasteiger partial charge is 0.338 e. The van der Waals surface area contributed by atoms with Gasteiger partial charge in [-0.25, -0.2) is 9.59 Å². The molecular formula is C15H17NO5. The average Bonchev–Trinajstić information content (AvgIpc) is 2.87. The lowest BCUT2D eigenvalue weighted by Gasteiger charge is -2.07. The molecular weight excluding hydrogens is 274 g/mol. The Bertz CT molecular complexity index is 581. The minimum atomic E-state index is -0.770. The minimum Gasteiger partial charge on any atom is -0.504 e. The summed E-state index contributed by atoms with van der Waals surface area (Å²) in [7, 11) is 0. The molecule has 2 rings (SSSR count). The van der Waals surface area contributed by atoms with E-state index < -0.39 is 18.0 Å². The van der Waals surface area contributed by atoms with E-state index in [0.29, 0.717) is 17.9 Å². The Balaban J connectivity index is 1.90. The van der Waals surface area contributed by atoms with Crippen LogP contribution in [-0.2, 0) is 14.3 Å². The molecule has 0 saturated carbocycles. The summed E-state index contributed by atoms with van der Waals surface area (Å²) in [6.45, 7) is 2.75. The fraction of sp³-hybridized carbons (Fsp3) is 0.333. The quantitative estimate of drug-likeness (QED) is 0.335. The number of nitrogens with one attached hydrogen (secondary N) is 1. The van der Waals surface area contributed by atoms with Gasteiger partial charge in [0.15, 0.2) is 11.5 Å². The van der Waals surface area contributed by atoms with Crippen molar-refractivity contribution in [3.05, 3.63) is 29.8 Å². The molecule has 0 radical (unpaired) electrons. The van der Waals surface area contributed by atoms with E-state index in [1.807, 2.05) is 6.92 Å². The zero-order valence-electron chi connectivity index (χ0n) is 11.6. The highest BCUT2D eigenvalue weighted by Crippen LogP contribution is 2.25. The van der Waals surface area contributed by atoms with Gasteiger partial charge in [-0.15, -0.1) is 0 Å². The molecule has 6 nitrogen and oxygen atoms in total. The van der Waals surface area contributed by atoms with Gasteiger partial charge >= 0.3 is 11.9 Å². The zero-order valence-corrected chi connectivity index (χ0v) is 11.6. The van der Waals surface area contributed by atoms with Gasteiger partial charge in [0, 0.05) is 6.08 Å². The molecule has 0 bridgehead atoms. The molecule has 1 aromatic rings. The number of hydrogen-bond acceptors (Lipinski definition) is 6. The van der Waals surface area contributed by atoms with E-state index in [1.165, 1.54) is 24.3 Å². The first-order valence-corrected chi connectivity index (χ1v) is 6.65. The first-order chi connectivity index (χ1) is 9.95. The highest BCUT2D eigenvalue weighted by atomic mass is 16.6. The van der Waals surface area contributed by atoms with Gasteiger partial charge in [-0.2, -0.15) is 0 Å². The largest absolute Gasteiger partial charge is 0.504 e. The van der Waals surface area contributed by atoms with Crippen molar-refractivity contribution in [1.29, 1.82) is 0 Å². The van der Waals surface area contributed by atoms with E-state index in [1.54, 1.807) is 0 Å². The Hall–Kier alpha value is -2.34. The maximum absolute atomic E-state index is 11.7. The highest BCUT2D eigenvalue weighted by Gasteiger charge is 2.29. The van der Waals surface area contributed by atoms with E-state index >= 15 is 0 Å². The second-order valence-electron chi connectivity index (χ2n) is 5.12. The van der Waals surface area contributed by atoms with Crippen LogP contribution < -0.4 is 5.32 Å². The van der Waals surface area contributed by atoms with Crippen LogP contribution in [-0.4, -0.2) is 34.7 Å². The van der Waals surface area contributed by atoms with Crippen molar-refractivity contribution in [1.82, 2.24) is 5.32 Å². The molecule has 3 N–H and O–H groups in total. The Morgan fingerprint density at radius 1 is 1.33 bits per heavy atom. The van der Waals surface area contributed by atoms with Crippen molar-refractivity contribution in [2.24, 2.45) is 5.92 Å². The molecule has 1 heterocycles. The second-order valence-corrected chi connectivity index (χ2v) is 5.12. The number of hydrogen-bond donors (Lipinski definition) is 3. The Kier molecular flexibility index (Phi) is 4.59. The third-order valence-electron chi connectivity index (χ3n) is 3.25. The minimum absolute atomic E-state index is 0.244. The number of carbonyl (C=O) groups excluding carboxylic acids is 2. The van der Waals surface area contributed by atoms with Gasteiger partial charge in [-0.05, 0) is 42.7 Å². The predicted molar refractivity (Wildman–Crippen MR) is 75.5 cm³/mol. The number of benzene rings is 1. The van der Waals surface area contributed by atoms with E-state index in [0.717, 1.165) is 12.6 Å². The maximum atomic E-state index is 11.7. The third-order valence-corrected chi connectivity index (χ3v) is 3.25. The molecule has 1 aromatic carbocycles. The Labute approximate surface area is 122 Å². The number of carbonyl (C=O) groups is 2. The van der Waals surface area contributed by atoms with E-state index in [9.17, 15) is 14.7 Å². The summed E-state index contributed by atoms with van der Waals surface area (Å²) in [6.07, 6.45) is 3.14. The van der Waals surface area contributed by atoms with Gasteiger partial charge in [-0.3, -0.25) is 0 Å². The van der Waals surface area contributed by atoms with Crippen molar-refractivity contribution in [3.8, 4) is 11.5 Å². The van der Waals surface area contributed by atoms with E-state index in [-0.39, 0.29) is 11.5 Å². The molecule has 0 aromatic heterocycles. The Morgan fingerprint density at radius 3 is 2.71 bits per heavy atom. The van der Waals surface area contributed by atoms with Gasteiger partial charge in [0.05, 0.1) is 0 Å². The van der Waals surface area contributed by atoms with E-state index in [2.05, 4.69) is 5.32 Å². The number of phenols is 2. The second kappa shape index (κ2) is 6.41. The summed E-state index contributed by atoms with van der Waals surface area (Å²) < 4.78 is 4.72. The molecule has 112 valence electrons. The summed E-state index contributed by atoms with van der Waals surface area (Å²) in [4.78, 5) is 23.2. The summed E-state index contributed by atoms with van der Waals surface area (Å²) >= 11 is 0. The van der Waals surface area contributed by atoms with Crippen LogP contribution in [0.5, 0.6) is 11.5 Å². The molecule has 2 atom stereocenters. The lowest BCUT2D eigenvalue weighted by Crippen LogP contribution is -2.33. The third kappa shape index (κ3) is 4.06. The lowest BCUT2D eigenvalue weighted by atomic mass is 10.1. The highest BCUT2D eigenvalue weighted by molar-refractivity contribution is 5.96. The molecule has 0 spiro atoms. The summed E-state index contributed by atoms with van der Waals surface area (Å²) in [5.41, 5.74) is 0.502. The lowest BCUT2D eigenvalue weighted by molar-refractivity contribution is -0.157. The fourth-order valence-electron chi connectivity index (χ4n) is 2.10. The molecule has 1 aliphatic heterocycles. The van der Waals surface area contributed by atoms with Crippen molar-refractivity contribution in [3.63, 3.8) is 0 Å². The van der Waals surface area contributed by atoms with Crippen molar-refractivity contribution >= 4 is 18.0 Å². The normalized spacial score (nSPS) is 21.6. The number of rotatable bonds is 3. The van der Waals surface area contributed by atoms with Gasteiger partial charge in [0.2, 0.25) is 0 Å². The maximum Gasteiger partial charge on any atom is 0.338 e. The van der Waals surface area contributed by atoms with Crippen molar-refractivity contribution < 1.29 is 24.5 Å². The molecule has 1 saturated heterocycles. The number of ether oxygens (including phenoxy) is 1. The molecule has 1 fully saturated rings. The van der Waals surface area contributed by atoms with Crippen LogP contribution in [0.15, 0.2) is 24.3 Å². The Morgan fingerprint density at radius 2 is 2.10 bits per heavy atom. The SMILES string of the molecule is CC1CN[C@H](C(=O)OC(=O)/C=C/c2ccc(O)c(O)c2)C1. The van der Waals surface area contributed by atoms with Crippen molar-refractivity contribution in [2.75, 3.05) is 6.54 Å². The van der Waals surface area contributed by atoms with Crippen LogP contribution in [0.3, 0.4) is 0 Å². The molecule has 6 heteroatoms. The van der Waals surface area contributed by atoms with Crippen LogP contribution in [0.1, 0.15) is 18.9 Å². The first kappa shape index (κ1) is 15.1. The van der Waals surface area contributed by atoms with Crippen molar-refractivity contribution in [2.45, 2.75) is 19.4 Å². The zero-order chi connectivity index (χ0) is 15.4. The van der Waals surface area contributed by atoms with E-state index in [4.69, 9.17) is 9.84 Å². The molecule has 21 heavy (non-hydrogen) atoms. The standard InChI is InChI=1S/C15H17NO5/c1-9-6-11(16-8-9)15(20)21-14(19)5-3-10-2-4-12(17)13(18)7-10/h2-5,7,9,11,16-18H,6,8H2,1H3/b5-3+/t9?,11-/m0/s1. The van der Waals surface area contributed by atoms with Gasteiger partial charge in [0.1, 0.15) is 6.04 Å². The van der Waals surface area contributed by atoms with Gasteiger partial charge in [-0.1, -0.05) is 13.0 Å². The van der Waals surface area contributed by atoms with Gasteiger partial charge in [0.25, 0.3) is 0 Å². The van der Waals surface area contributed by atoms with Crippen LogP contribution in [0, 0.1) is 5.92 Å². The molecule has 0 aliphatic carbocycles. The molecule has 0 amide bonds. The van der Waals surface area contributed by atoms with Gasteiger partial charge < -0.3 is 20.3 Å². The molecule has 1 aliphatic rings. The summed E-state index contributed by atoms with van der Waals surface area (Å²) in [5.74, 6) is -1.50. The van der Waals surface area contributed by atoms with Crippen LogP contribution >= 0.6 is 0 Å². The molecule has 1 unspecified atom stereocenters. The summed E-state index contributed by atoms with van der Waals surface area (Å²) in [5, 5.41) is 21.5. The monoisotopic (exact) mass is 291 g/mol. The number of esters is 2. The number of aromatic hydroxyl groups is 2.